The molecule has 3 aromatic rings. The van der Waals surface area contributed by atoms with Gasteiger partial charge in [0.2, 0.25) is 11.8 Å². The van der Waals surface area contributed by atoms with Crippen LogP contribution in [0.25, 0.3) is 0 Å². The molecule has 9 nitrogen and oxygen atoms in total. The summed E-state index contributed by atoms with van der Waals surface area (Å²) in [5.74, 6) is 1.09. The molecule has 0 atom stereocenters. The molecule has 2 aromatic heterocycles. The van der Waals surface area contributed by atoms with Crippen LogP contribution in [0.3, 0.4) is 0 Å². The van der Waals surface area contributed by atoms with E-state index in [9.17, 15) is 9.59 Å². The van der Waals surface area contributed by atoms with Gasteiger partial charge in [-0.1, -0.05) is 35.4 Å². The summed E-state index contributed by atoms with van der Waals surface area (Å²) < 4.78 is 7.16. The van der Waals surface area contributed by atoms with Crippen molar-refractivity contribution < 1.29 is 14.3 Å². The van der Waals surface area contributed by atoms with Crippen LogP contribution in [0.4, 0.5) is 11.5 Å². The number of carbonyl (C=O) groups excluding carboxylic acids is 2. The van der Waals surface area contributed by atoms with Crippen molar-refractivity contribution in [3.8, 4) is 5.75 Å². The van der Waals surface area contributed by atoms with Crippen molar-refractivity contribution in [1.82, 2.24) is 19.7 Å². The van der Waals surface area contributed by atoms with E-state index in [4.69, 9.17) is 16.3 Å². The largest absolute Gasteiger partial charge is 0.492 e. The van der Waals surface area contributed by atoms with Gasteiger partial charge in [-0.05, 0) is 31.2 Å². The molecule has 0 fully saturated rings. The Morgan fingerprint density at radius 3 is 2.73 bits per heavy atom. The molecule has 1 aromatic carbocycles. The first-order valence-electron chi connectivity index (χ1n) is 10.5. The maximum atomic E-state index is 12.4. The summed E-state index contributed by atoms with van der Waals surface area (Å²) >= 11 is 5.83. The molecule has 0 saturated carbocycles. The Labute approximate surface area is 197 Å². The lowest BCUT2D eigenvalue weighted by atomic mass is 10.2. The van der Waals surface area contributed by atoms with Crippen molar-refractivity contribution in [3.63, 3.8) is 0 Å². The average Bonchev–Trinajstić information content (AvgIpc) is 3.21. The van der Waals surface area contributed by atoms with Gasteiger partial charge in [0.25, 0.3) is 0 Å². The molecular weight excluding hydrogens is 444 g/mol. The van der Waals surface area contributed by atoms with E-state index in [2.05, 4.69) is 20.7 Å². The number of hydrogen-bond donors (Lipinski definition) is 2. The van der Waals surface area contributed by atoms with Gasteiger partial charge >= 0.3 is 0 Å². The number of anilines is 2. The van der Waals surface area contributed by atoms with Crippen LogP contribution in [-0.4, -0.2) is 58.2 Å². The second-order valence-electron chi connectivity index (χ2n) is 7.47. The minimum atomic E-state index is -0.180. The van der Waals surface area contributed by atoms with E-state index in [1.807, 2.05) is 31.2 Å². The van der Waals surface area contributed by atoms with Crippen LogP contribution in [0, 0.1) is 6.92 Å². The molecule has 0 aliphatic heterocycles. The molecule has 33 heavy (non-hydrogen) atoms. The minimum absolute atomic E-state index is 0.0683. The third kappa shape index (κ3) is 8.12. The highest BCUT2D eigenvalue weighted by Crippen LogP contribution is 2.12. The quantitative estimate of drug-likeness (QED) is 0.417. The predicted octanol–water partition coefficient (Wildman–Crippen LogP) is 3.22. The van der Waals surface area contributed by atoms with Crippen LogP contribution < -0.4 is 15.4 Å². The fraction of sp³-hybridized carbons (Fsp3) is 0.304. The third-order valence-electron chi connectivity index (χ3n) is 4.73. The molecule has 2 N–H and O–H groups in total. The number of nitrogens with one attached hydrogen (secondary N) is 2. The Hall–Kier alpha value is -3.59. The molecule has 2 heterocycles. The van der Waals surface area contributed by atoms with Crippen LogP contribution in [-0.2, 0) is 16.1 Å². The lowest BCUT2D eigenvalue weighted by molar-refractivity contribution is -0.131. The van der Waals surface area contributed by atoms with Gasteiger partial charge in [-0.25, -0.2) is 4.98 Å². The van der Waals surface area contributed by atoms with E-state index in [1.54, 1.807) is 36.3 Å². The zero-order valence-electron chi connectivity index (χ0n) is 18.6. The zero-order valence-corrected chi connectivity index (χ0v) is 19.4. The molecule has 10 heteroatoms. The smallest absolute Gasteiger partial charge is 0.244 e. The van der Waals surface area contributed by atoms with E-state index < -0.39 is 0 Å². The lowest BCUT2D eigenvalue weighted by Crippen LogP contribution is -2.33. The first kappa shape index (κ1) is 24.1. The molecule has 174 valence electrons. The van der Waals surface area contributed by atoms with Gasteiger partial charge in [0.1, 0.15) is 29.9 Å². The Balaban J connectivity index is 1.36. The normalized spacial score (nSPS) is 10.5. The zero-order chi connectivity index (χ0) is 23.6. The Bertz CT molecular complexity index is 1070. The van der Waals surface area contributed by atoms with Gasteiger partial charge < -0.3 is 20.3 Å². The van der Waals surface area contributed by atoms with Gasteiger partial charge in [0.15, 0.2) is 0 Å². The molecule has 0 radical (unpaired) electrons. The molecule has 0 aliphatic carbocycles. The predicted molar refractivity (Wildman–Crippen MR) is 128 cm³/mol. The van der Waals surface area contributed by atoms with Crippen molar-refractivity contribution in [3.05, 3.63) is 65.6 Å². The second-order valence-corrected chi connectivity index (χ2v) is 7.86. The number of ether oxygens (including phenoxy) is 1. The number of halogens is 1. The van der Waals surface area contributed by atoms with Crippen molar-refractivity contribution in [1.29, 1.82) is 0 Å². The standard InChI is InChI=1S/C23H27ClN6O3/c1-17-6-8-19(9-7-17)33-13-12-29(2)23(32)16-30-15-18(14-26-30)27-22(31)10-11-25-21-5-3-4-20(24)28-21/h3-9,14-15H,10-13,16H2,1-2H3,(H,25,28)(H,27,31). The van der Waals surface area contributed by atoms with E-state index in [0.29, 0.717) is 36.4 Å². The molecule has 0 bridgehead atoms. The first-order valence-corrected chi connectivity index (χ1v) is 10.9. The average molecular weight is 471 g/mol. The van der Waals surface area contributed by atoms with Crippen LogP contribution >= 0.6 is 11.6 Å². The van der Waals surface area contributed by atoms with E-state index in [-0.39, 0.29) is 24.8 Å². The Morgan fingerprint density at radius 2 is 1.97 bits per heavy atom. The molecule has 0 unspecified atom stereocenters. The molecule has 0 aliphatic rings. The van der Waals surface area contributed by atoms with Gasteiger partial charge in [-0.3, -0.25) is 14.3 Å². The van der Waals surface area contributed by atoms with Crippen molar-refractivity contribution in [2.45, 2.75) is 19.9 Å². The highest BCUT2D eigenvalue weighted by molar-refractivity contribution is 6.29. The number of benzene rings is 1. The van der Waals surface area contributed by atoms with Crippen molar-refractivity contribution in [2.24, 2.45) is 0 Å². The van der Waals surface area contributed by atoms with Crippen LogP contribution in [0.1, 0.15) is 12.0 Å². The van der Waals surface area contributed by atoms with Crippen LogP contribution in [0.5, 0.6) is 5.75 Å². The number of rotatable bonds is 11. The summed E-state index contributed by atoms with van der Waals surface area (Å²) in [6.45, 7) is 3.33. The van der Waals surface area contributed by atoms with Gasteiger partial charge in [0, 0.05) is 26.2 Å². The number of nitrogens with zero attached hydrogens (tertiary/aromatic N) is 4. The lowest BCUT2D eigenvalue weighted by Gasteiger charge is -2.17. The van der Waals surface area contributed by atoms with Crippen molar-refractivity contribution >= 4 is 34.9 Å². The number of pyridine rings is 1. The SMILES string of the molecule is Cc1ccc(OCCN(C)C(=O)Cn2cc(NC(=O)CCNc3cccc(Cl)n3)cn2)cc1. The minimum Gasteiger partial charge on any atom is -0.492 e. The Kier molecular flexibility index (Phi) is 8.65. The summed E-state index contributed by atoms with van der Waals surface area (Å²) in [4.78, 5) is 30.3. The summed E-state index contributed by atoms with van der Waals surface area (Å²) in [6.07, 6.45) is 3.37. The van der Waals surface area contributed by atoms with Crippen LogP contribution in [0.2, 0.25) is 5.15 Å². The van der Waals surface area contributed by atoms with E-state index in [1.165, 1.54) is 10.9 Å². The summed E-state index contributed by atoms with van der Waals surface area (Å²) in [6, 6.07) is 13.0. The first-order chi connectivity index (χ1) is 15.9. The highest BCUT2D eigenvalue weighted by Gasteiger charge is 2.12. The monoisotopic (exact) mass is 470 g/mol. The van der Waals surface area contributed by atoms with E-state index >= 15 is 0 Å². The summed E-state index contributed by atoms with van der Waals surface area (Å²) in [7, 11) is 1.72. The maximum absolute atomic E-state index is 12.4. The van der Waals surface area contributed by atoms with Gasteiger partial charge in [-0.15, -0.1) is 0 Å². The number of amides is 2. The summed E-state index contributed by atoms with van der Waals surface area (Å²) in [5.41, 5.74) is 1.69. The molecule has 0 spiro atoms. The summed E-state index contributed by atoms with van der Waals surface area (Å²) in [5, 5.41) is 10.3. The maximum Gasteiger partial charge on any atom is 0.244 e. The van der Waals surface area contributed by atoms with Crippen molar-refractivity contribution in [2.75, 3.05) is 37.4 Å². The molecular formula is C23H27ClN6O3. The highest BCUT2D eigenvalue weighted by atomic mass is 35.5. The third-order valence-corrected chi connectivity index (χ3v) is 4.94. The van der Waals surface area contributed by atoms with Gasteiger partial charge in [0.05, 0.1) is 18.4 Å². The second kappa shape index (κ2) is 11.9. The van der Waals surface area contributed by atoms with Gasteiger partial charge in [-0.2, -0.15) is 5.10 Å². The number of aromatic nitrogens is 3. The number of aryl methyl sites for hydroxylation is 1. The fourth-order valence-electron chi connectivity index (χ4n) is 2.87. The fourth-order valence-corrected chi connectivity index (χ4v) is 3.03. The molecule has 3 rings (SSSR count). The Morgan fingerprint density at radius 1 is 1.18 bits per heavy atom. The molecule has 2 amide bonds. The van der Waals surface area contributed by atoms with E-state index in [0.717, 1.165) is 11.3 Å². The number of likely N-dealkylation sites (N-methyl/N-ethyl adjacent to an activating group) is 1. The molecule has 0 saturated heterocycles. The topological polar surface area (TPSA) is 101 Å². The number of carbonyl (C=O) groups is 2. The van der Waals surface area contributed by atoms with Crippen LogP contribution in [0.15, 0.2) is 54.9 Å². The number of hydrogen-bond acceptors (Lipinski definition) is 6.